The van der Waals surface area contributed by atoms with Crippen LogP contribution in [0, 0.1) is 0 Å². The molecule has 20 heavy (non-hydrogen) atoms. The lowest BCUT2D eigenvalue weighted by molar-refractivity contribution is 0.0272. The number of amides is 1. The van der Waals surface area contributed by atoms with Crippen molar-refractivity contribution in [2.24, 2.45) is 0 Å². The molecule has 2 rings (SSSR count). The summed E-state index contributed by atoms with van der Waals surface area (Å²) in [5.41, 5.74) is -0.350. The topological polar surface area (TPSA) is 77.0 Å². The van der Waals surface area contributed by atoms with E-state index in [0.717, 1.165) is 0 Å². The Kier molecular flexibility index (Phi) is 4.67. The predicted octanol–water partition coefficient (Wildman–Crippen LogP) is 1.33. The fourth-order valence-electron chi connectivity index (χ4n) is 2.31. The smallest absolute Gasteiger partial charge is 0.408 e. The van der Waals surface area contributed by atoms with Gasteiger partial charge < -0.3 is 24.6 Å². The third-order valence-corrected chi connectivity index (χ3v) is 3.20. The molecular formula is C14H23NO5. The number of fused-ring (bicyclic) bond motifs is 1. The van der Waals surface area contributed by atoms with E-state index >= 15 is 0 Å². The van der Waals surface area contributed by atoms with Gasteiger partial charge in [0.05, 0.1) is 18.3 Å². The van der Waals surface area contributed by atoms with Crippen molar-refractivity contribution in [2.75, 3.05) is 6.79 Å². The molecule has 1 amide bonds. The Hall–Kier alpha value is -1.11. The average Bonchev–Trinajstić information content (AvgIpc) is 2.68. The van der Waals surface area contributed by atoms with E-state index in [4.69, 9.17) is 14.2 Å². The third-order valence-electron chi connectivity index (χ3n) is 3.20. The lowest BCUT2D eigenvalue weighted by Gasteiger charge is -2.26. The quantitative estimate of drug-likeness (QED) is 0.711. The molecule has 2 N–H and O–H groups in total. The molecule has 0 aromatic heterocycles. The maximum Gasteiger partial charge on any atom is 0.408 e. The van der Waals surface area contributed by atoms with Crippen LogP contribution in [0.15, 0.2) is 12.2 Å². The lowest BCUT2D eigenvalue weighted by Crippen LogP contribution is -2.43. The highest BCUT2D eigenvalue weighted by molar-refractivity contribution is 5.68. The SMILES string of the molecule is CC(C)(C)NC(=O)OC1C=CC(O)CC2OCOC2C1. The van der Waals surface area contributed by atoms with Crippen LogP contribution >= 0.6 is 0 Å². The Labute approximate surface area is 119 Å². The van der Waals surface area contributed by atoms with Crippen LogP contribution in [0.2, 0.25) is 0 Å². The molecule has 0 aromatic rings. The van der Waals surface area contributed by atoms with Gasteiger partial charge in [0.15, 0.2) is 0 Å². The molecular weight excluding hydrogens is 262 g/mol. The molecule has 0 radical (unpaired) electrons. The highest BCUT2D eigenvalue weighted by Crippen LogP contribution is 2.25. The second-order valence-corrected chi connectivity index (χ2v) is 6.27. The van der Waals surface area contributed by atoms with Crippen molar-refractivity contribution in [3.05, 3.63) is 12.2 Å². The highest BCUT2D eigenvalue weighted by Gasteiger charge is 2.34. The first-order valence-electron chi connectivity index (χ1n) is 6.92. The lowest BCUT2D eigenvalue weighted by atomic mass is 9.97. The highest BCUT2D eigenvalue weighted by atomic mass is 16.7. The van der Waals surface area contributed by atoms with Crippen LogP contribution in [0.25, 0.3) is 0 Å². The molecule has 0 saturated carbocycles. The number of carbonyl (C=O) groups excluding carboxylic acids is 1. The summed E-state index contributed by atoms with van der Waals surface area (Å²) in [6.07, 6.45) is 2.58. The number of alkyl carbamates (subject to hydrolysis) is 1. The number of hydrogen-bond donors (Lipinski definition) is 2. The maximum absolute atomic E-state index is 11.8. The molecule has 1 saturated heterocycles. The summed E-state index contributed by atoms with van der Waals surface area (Å²) >= 11 is 0. The molecule has 0 spiro atoms. The van der Waals surface area contributed by atoms with Gasteiger partial charge in [-0.25, -0.2) is 4.79 Å². The van der Waals surface area contributed by atoms with Gasteiger partial charge in [-0.1, -0.05) is 6.08 Å². The first kappa shape index (κ1) is 15.3. The normalized spacial score (nSPS) is 34.0. The second kappa shape index (κ2) is 6.11. The van der Waals surface area contributed by atoms with Gasteiger partial charge in [0.25, 0.3) is 0 Å². The van der Waals surface area contributed by atoms with Gasteiger partial charge in [0, 0.05) is 18.4 Å². The first-order valence-corrected chi connectivity index (χ1v) is 6.92. The number of ether oxygens (including phenoxy) is 3. The van der Waals surface area contributed by atoms with E-state index in [1.54, 1.807) is 12.2 Å². The second-order valence-electron chi connectivity index (χ2n) is 6.27. The molecule has 2 aliphatic rings. The fraction of sp³-hybridized carbons (Fsp3) is 0.786. The van der Waals surface area contributed by atoms with Crippen LogP contribution in [0.4, 0.5) is 4.79 Å². The van der Waals surface area contributed by atoms with Gasteiger partial charge in [-0.2, -0.15) is 0 Å². The van der Waals surface area contributed by atoms with Crippen molar-refractivity contribution in [2.45, 2.75) is 63.6 Å². The summed E-state index contributed by atoms with van der Waals surface area (Å²) in [5.74, 6) is 0. The number of carbonyl (C=O) groups is 1. The van der Waals surface area contributed by atoms with E-state index in [-0.39, 0.29) is 24.5 Å². The van der Waals surface area contributed by atoms with Crippen molar-refractivity contribution in [3.8, 4) is 0 Å². The van der Waals surface area contributed by atoms with Crippen molar-refractivity contribution >= 4 is 6.09 Å². The van der Waals surface area contributed by atoms with E-state index < -0.39 is 18.3 Å². The standard InChI is InChI=1S/C14H23NO5/c1-14(2,3)15-13(17)20-10-5-4-9(16)6-11-12(7-10)19-8-18-11/h4-5,9-12,16H,6-8H2,1-3H3,(H,15,17). The zero-order valence-corrected chi connectivity index (χ0v) is 12.2. The minimum absolute atomic E-state index is 0.147. The minimum Gasteiger partial charge on any atom is -0.442 e. The molecule has 0 aromatic carbocycles. The first-order chi connectivity index (χ1) is 9.33. The van der Waals surface area contributed by atoms with Crippen LogP contribution in [-0.4, -0.2) is 47.9 Å². The van der Waals surface area contributed by atoms with Crippen LogP contribution in [0.1, 0.15) is 33.6 Å². The van der Waals surface area contributed by atoms with E-state index in [0.29, 0.717) is 12.8 Å². The number of rotatable bonds is 1. The molecule has 6 heteroatoms. The number of nitrogens with one attached hydrogen (secondary N) is 1. The van der Waals surface area contributed by atoms with Gasteiger partial charge >= 0.3 is 6.09 Å². The Morgan fingerprint density at radius 1 is 1.25 bits per heavy atom. The summed E-state index contributed by atoms with van der Waals surface area (Å²) in [6, 6.07) is 0. The Morgan fingerprint density at radius 3 is 2.55 bits per heavy atom. The molecule has 114 valence electrons. The predicted molar refractivity (Wildman–Crippen MR) is 72.2 cm³/mol. The molecule has 1 fully saturated rings. The Bertz CT molecular complexity index is 376. The fourth-order valence-corrected chi connectivity index (χ4v) is 2.31. The zero-order valence-electron chi connectivity index (χ0n) is 12.2. The van der Waals surface area contributed by atoms with E-state index in [9.17, 15) is 9.90 Å². The molecule has 0 bridgehead atoms. The Balaban J connectivity index is 1.97. The van der Waals surface area contributed by atoms with E-state index in [1.807, 2.05) is 20.8 Å². The van der Waals surface area contributed by atoms with Crippen molar-refractivity contribution in [1.29, 1.82) is 0 Å². The van der Waals surface area contributed by atoms with Crippen LogP contribution in [0.3, 0.4) is 0 Å². The summed E-state index contributed by atoms with van der Waals surface area (Å²) in [7, 11) is 0. The largest absolute Gasteiger partial charge is 0.442 e. The molecule has 6 nitrogen and oxygen atoms in total. The van der Waals surface area contributed by atoms with Crippen molar-refractivity contribution < 1.29 is 24.1 Å². The summed E-state index contributed by atoms with van der Waals surface area (Å²) in [6.45, 7) is 5.88. The van der Waals surface area contributed by atoms with Crippen molar-refractivity contribution in [3.63, 3.8) is 0 Å². The minimum atomic E-state index is -0.610. The van der Waals surface area contributed by atoms with E-state index in [2.05, 4.69) is 5.32 Å². The molecule has 1 heterocycles. The van der Waals surface area contributed by atoms with Crippen LogP contribution < -0.4 is 5.32 Å². The van der Waals surface area contributed by atoms with Crippen LogP contribution in [-0.2, 0) is 14.2 Å². The van der Waals surface area contributed by atoms with Gasteiger partial charge in [0.1, 0.15) is 12.9 Å². The molecule has 1 aliphatic heterocycles. The summed E-state index contributed by atoms with van der Waals surface area (Å²) in [4.78, 5) is 11.8. The van der Waals surface area contributed by atoms with Crippen molar-refractivity contribution in [1.82, 2.24) is 5.32 Å². The molecule has 1 aliphatic carbocycles. The third kappa shape index (κ3) is 4.47. The van der Waals surface area contributed by atoms with Gasteiger partial charge in [-0.3, -0.25) is 0 Å². The number of hydrogen-bond acceptors (Lipinski definition) is 5. The van der Waals surface area contributed by atoms with Gasteiger partial charge in [-0.15, -0.1) is 0 Å². The monoisotopic (exact) mass is 285 g/mol. The number of aliphatic hydroxyl groups is 1. The summed E-state index contributed by atoms with van der Waals surface area (Å²) in [5, 5.41) is 12.6. The van der Waals surface area contributed by atoms with Crippen LogP contribution in [0.5, 0.6) is 0 Å². The van der Waals surface area contributed by atoms with Gasteiger partial charge in [0.2, 0.25) is 0 Å². The number of aliphatic hydroxyl groups excluding tert-OH is 1. The van der Waals surface area contributed by atoms with Gasteiger partial charge in [-0.05, 0) is 26.8 Å². The zero-order chi connectivity index (χ0) is 14.8. The molecule has 4 atom stereocenters. The molecule has 4 unspecified atom stereocenters. The average molecular weight is 285 g/mol. The summed E-state index contributed by atoms with van der Waals surface area (Å²) < 4.78 is 16.3. The Morgan fingerprint density at radius 2 is 1.90 bits per heavy atom. The maximum atomic E-state index is 11.8. The van der Waals surface area contributed by atoms with E-state index in [1.165, 1.54) is 0 Å².